The molecule has 2 nitrogen and oxygen atoms in total. The van der Waals surface area contributed by atoms with Crippen LogP contribution in [0.1, 0.15) is 60.8 Å². The highest BCUT2D eigenvalue weighted by atomic mass is 16.1. The van der Waals surface area contributed by atoms with E-state index in [2.05, 4.69) is 25.7 Å². The summed E-state index contributed by atoms with van der Waals surface area (Å²) < 4.78 is 0. The van der Waals surface area contributed by atoms with Crippen LogP contribution in [0, 0.1) is 0 Å². The monoisotopic (exact) mass is 215 g/mol. The summed E-state index contributed by atoms with van der Waals surface area (Å²) in [6.45, 7) is 16.4. The van der Waals surface area contributed by atoms with Gasteiger partial charge in [-0.1, -0.05) is 53.2 Å². The lowest BCUT2D eigenvalue weighted by molar-refractivity contribution is -0.120. The van der Waals surface area contributed by atoms with Crippen molar-refractivity contribution in [3.8, 4) is 0 Å². The molecular weight excluding hydrogens is 186 g/mol. The van der Waals surface area contributed by atoms with Crippen molar-refractivity contribution in [2.45, 2.75) is 60.8 Å². The number of hydrogen-bond acceptors (Lipinski definition) is 1. The first-order chi connectivity index (χ1) is 7.08. The molecule has 0 aromatic rings. The first kappa shape index (κ1) is 19.7. The Kier molecular flexibility index (Phi) is 24.9. The maximum atomic E-state index is 10.8. The second-order valence-corrected chi connectivity index (χ2v) is 3.19. The number of carbonyl (C=O) groups is 1. The molecule has 0 radical (unpaired) electrons. The summed E-state index contributed by atoms with van der Waals surface area (Å²) in [5, 5.41) is 2.74. The molecule has 0 aliphatic rings. The third-order valence-electron chi connectivity index (χ3n) is 1.06. The zero-order valence-electron chi connectivity index (χ0n) is 11.4. The highest BCUT2D eigenvalue weighted by Crippen LogP contribution is 1.87. The molecule has 0 saturated carbocycles. The van der Waals surface area contributed by atoms with Gasteiger partial charge in [0.1, 0.15) is 0 Å². The Morgan fingerprint density at radius 3 is 1.87 bits per heavy atom. The van der Waals surface area contributed by atoms with Crippen LogP contribution < -0.4 is 5.32 Å². The average molecular weight is 215 g/mol. The maximum Gasteiger partial charge on any atom is 0.220 e. The Morgan fingerprint density at radius 2 is 1.60 bits per heavy atom. The molecule has 1 amide bonds. The fourth-order valence-electron chi connectivity index (χ4n) is 0.565. The zero-order chi connectivity index (χ0) is 12.7. The maximum absolute atomic E-state index is 10.8. The van der Waals surface area contributed by atoms with Crippen LogP contribution in [-0.2, 0) is 4.79 Å². The Labute approximate surface area is 96.2 Å². The van der Waals surface area contributed by atoms with E-state index in [1.54, 1.807) is 0 Å². The molecule has 0 heterocycles. The highest BCUT2D eigenvalue weighted by Gasteiger charge is 1.95. The van der Waals surface area contributed by atoms with Gasteiger partial charge in [-0.15, -0.1) is 0 Å². The van der Waals surface area contributed by atoms with Crippen LogP contribution >= 0.6 is 0 Å². The summed E-state index contributed by atoms with van der Waals surface area (Å²) in [6, 6.07) is 0. The fourth-order valence-corrected chi connectivity index (χ4v) is 0.565. The minimum absolute atomic E-state index is 0.116. The predicted octanol–water partition coefficient (Wildman–Crippen LogP) is 3.92. The normalized spacial score (nSPS) is 7.60. The molecule has 0 atom stereocenters. The lowest BCUT2D eigenvalue weighted by Gasteiger charge is -2.01. The van der Waals surface area contributed by atoms with Gasteiger partial charge in [-0.2, -0.15) is 0 Å². The molecule has 0 aliphatic heterocycles. The summed E-state index contributed by atoms with van der Waals surface area (Å²) in [7, 11) is 0. The van der Waals surface area contributed by atoms with E-state index in [4.69, 9.17) is 0 Å². The van der Waals surface area contributed by atoms with Gasteiger partial charge >= 0.3 is 0 Å². The van der Waals surface area contributed by atoms with E-state index < -0.39 is 0 Å². The molecule has 0 aromatic carbocycles. The second kappa shape index (κ2) is 18.9. The van der Waals surface area contributed by atoms with Gasteiger partial charge in [0.15, 0.2) is 0 Å². The van der Waals surface area contributed by atoms with E-state index in [9.17, 15) is 4.79 Å². The van der Waals surface area contributed by atoms with Gasteiger partial charge in [0.25, 0.3) is 0 Å². The van der Waals surface area contributed by atoms with Crippen LogP contribution in [0.15, 0.2) is 12.2 Å². The van der Waals surface area contributed by atoms with E-state index in [0.717, 1.165) is 12.0 Å². The van der Waals surface area contributed by atoms with Gasteiger partial charge in [-0.25, -0.2) is 0 Å². The molecule has 1 N–H and O–H groups in total. The Hall–Kier alpha value is -0.790. The number of carbonyl (C=O) groups excluding carboxylic acids is 1. The molecule has 0 bridgehead atoms. The number of rotatable bonds is 4. The van der Waals surface area contributed by atoms with E-state index in [-0.39, 0.29) is 5.91 Å². The van der Waals surface area contributed by atoms with Gasteiger partial charge in [0.2, 0.25) is 5.91 Å². The standard InChI is InChI=1S/C8H15NO.C3H8.C2H6/c1-4-5-8(10)9-6-7(2)3;1-3-2;1-2/h2,4-6H2,1,3H3,(H,9,10);3H2,1-2H3;1-2H3. The lowest BCUT2D eigenvalue weighted by atomic mass is 10.3. The van der Waals surface area contributed by atoms with Crippen molar-refractivity contribution in [1.29, 1.82) is 0 Å². The molecule has 0 spiro atoms. The van der Waals surface area contributed by atoms with E-state index in [1.165, 1.54) is 6.42 Å². The van der Waals surface area contributed by atoms with Crippen LogP contribution in [0.25, 0.3) is 0 Å². The van der Waals surface area contributed by atoms with Crippen LogP contribution in [0.5, 0.6) is 0 Å². The Bertz CT molecular complexity index is 141. The molecule has 2 heteroatoms. The van der Waals surface area contributed by atoms with E-state index >= 15 is 0 Å². The number of hydrogen-bond donors (Lipinski definition) is 1. The lowest BCUT2D eigenvalue weighted by Crippen LogP contribution is -2.24. The Morgan fingerprint density at radius 1 is 1.20 bits per heavy atom. The SMILES string of the molecule is C=C(C)CNC(=O)CCC.CC.CCC. The quantitative estimate of drug-likeness (QED) is 0.708. The predicted molar refractivity (Wildman–Crippen MR) is 70.0 cm³/mol. The minimum Gasteiger partial charge on any atom is -0.352 e. The minimum atomic E-state index is 0.116. The molecule has 0 fully saturated rings. The number of amides is 1. The summed E-state index contributed by atoms with van der Waals surface area (Å²) in [5.74, 6) is 0.116. The highest BCUT2D eigenvalue weighted by molar-refractivity contribution is 5.75. The van der Waals surface area contributed by atoms with Crippen molar-refractivity contribution in [2.75, 3.05) is 6.54 Å². The third kappa shape index (κ3) is 31.9. The fraction of sp³-hybridized carbons (Fsp3) is 0.769. The van der Waals surface area contributed by atoms with Crippen molar-refractivity contribution < 1.29 is 4.79 Å². The molecule has 0 rings (SSSR count). The first-order valence-electron chi connectivity index (χ1n) is 5.99. The summed E-state index contributed by atoms with van der Waals surface area (Å²) in [5.41, 5.74) is 0.990. The van der Waals surface area contributed by atoms with E-state index in [1.807, 2.05) is 27.7 Å². The van der Waals surface area contributed by atoms with Crippen molar-refractivity contribution in [1.82, 2.24) is 5.32 Å². The average Bonchev–Trinajstić information content (AvgIpc) is 2.20. The van der Waals surface area contributed by atoms with Gasteiger partial charge in [0.05, 0.1) is 0 Å². The van der Waals surface area contributed by atoms with Gasteiger partial charge in [-0.3, -0.25) is 4.79 Å². The molecule has 0 saturated heterocycles. The molecule has 0 aliphatic carbocycles. The van der Waals surface area contributed by atoms with Gasteiger partial charge in [0, 0.05) is 13.0 Å². The third-order valence-corrected chi connectivity index (χ3v) is 1.06. The van der Waals surface area contributed by atoms with Crippen LogP contribution in [0.3, 0.4) is 0 Å². The van der Waals surface area contributed by atoms with Crippen LogP contribution in [-0.4, -0.2) is 12.5 Å². The van der Waals surface area contributed by atoms with Crippen molar-refractivity contribution in [3.63, 3.8) is 0 Å². The largest absolute Gasteiger partial charge is 0.352 e. The Balaban J connectivity index is -0.000000245. The summed E-state index contributed by atoms with van der Waals surface area (Å²) >= 11 is 0. The summed E-state index contributed by atoms with van der Waals surface area (Å²) in [6.07, 6.45) is 2.77. The van der Waals surface area contributed by atoms with Crippen LogP contribution in [0.4, 0.5) is 0 Å². The second-order valence-electron chi connectivity index (χ2n) is 3.19. The molecule has 92 valence electrons. The topological polar surface area (TPSA) is 29.1 Å². The van der Waals surface area contributed by atoms with E-state index in [0.29, 0.717) is 13.0 Å². The van der Waals surface area contributed by atoms with Crippen molar-refractivity contribution in [2.24, 2.45) is 0 Å². The van der Waals surface area contributed by atoms with Gasteiger partial charge in [-0.05, 0) is 13.3 Å². The molecule has 0 aromatic heterocycles. The summed E-state index contributed by atoms with van der Waals surface area (Å²) in [4.78, 5) is 10.8. The van der Waals surface area contributed by atoms with Crippen molar-refractivity contribution in [3.05, 3.63) is 12.2 Å². The first-order valence-corrected chi connectivity index (χ1v) is 5.99. The smallest absolute Gasteiger partial charge is 0.220 e. The van der Waals surface area contributed by atoms with Crippen molar-refractivity contribution >= 4 is 5.91 Å². The molecule has 15 heavy (non-hydrogen) atoms. The molecular formula is C13H29NO. The number of nitrogens with one attached hydrogen (secondary N) is 1. The zero-order valence-corrected chi connectivity index (χ0v) is 11.4. The van der Waals surface area contributed by atoms with Gasteiger partial charge < -0.3 is 5.32 Å². The van der Waals surface area contributed by atoms with Crippen LogP contribution in [0.2, 0.25) is 0 Å². The molecule has 0 unspecified atom stereocenters.